The van der Waals surface area contributed by atoms with Gasteiger partial charge in [0.25, 0.3) is 0 Å². The van der Waals surface area contributed by atoms with Crippen molar-refractivity contribution in [3.63, 3.8) is 0 Å². The molecule has 0 radical (unpaired) electrons. The molecule has 1 aliphatic carbocycles. The maximum Gasteiger partial charge on any atom is 0.240 e. The number of morpholine rings is 1. The van der Waals surface area contributed by atoms with Crippen LogP contribution in [0.4, 0.5) is 0 Å². The summed E-state index contributed by atoms with van der Waals surface area (Å²) < 4.78 is 33.5. The van der Waals surface area contributed by atoms with Gasteiger partial charge in [-0.15, -0.1) is 0 Å². The number of nitrogens with zero attached hydrogens (tertiary/aromatic N) is 1. The zero-order chi connectivity index (χ0) is 22.6. The van der Waals surface area contributed by atoms with Crippen molar-refractivity contribution in [1.29, 1.82) is 0 Å². The highest BCUT2D eigenvalue weighted by Gasteiger charge is 2.34. The van der Waals surface area contributed by atoms with Crippen molar-refractivity contribution in [2.24, 2.45) is 23.7 Å². The second-order valence-electron chi connectivity index (χ2n) is 8.92. The van der Waals surface area contributed by atoms with Gasteiger partial charge in [0, 0.05) is 31.1 Å². The van der Waals surface area contributed by atoms with E-state index in [9.17, 15) is 13.2 Å². The van der Waals surface area contributed by atoms with Gasteiger partial charge in [-0.1, -0.05) is 37.1 Å². The fourth-order valence-electron chi connectivity index (χ4n) is 4.56. The second-order valence-corrected chi connectivity index (χ2v) is 11.1. The van der Waals surface area contributed by atoms with Crippen LogP contribution in [0.3, 0.4) is 0 Å². The molecule has 31 heavy (non-hydrogen) atoms. The van der Waals surface area contributed by atoms with Crippen molar-refractivity contribution in [3.05, 3.63) is 40.9 Å². The monoisotopic (exact) mass is 468 g/mol. The average Bonchev–Trinajstić information content (AvgIpc) is 2.74. The quantitative estimate of drug-likeness (QED) is 0.619. The summed E-state index contributed by atoms with van der Waals surface area (Å²) in [6, 6.07) is 6.18. The zero-order valence-corrected chi connectivity index (χ0v) is 20.1. The Labute approximate surface area is 191 Å². The largest absolute Gasteiger partial charge is 0.378 e. The highest BCUT2D eigenvalue weighted by molar-refractivity contribution is 7.89. The first-order chi connectivity index (χ1) is 14.7. The van der Waals surface area contributed by atoms with Crippen molar-refractivity contribution in [2.75, 3.05) is 32.8 Å². The third kappa shape index (κ3) is 6.31. The van der Waals surface area contributed by atoms with Crippen molar-refractivity contribution in [1.82, 2.24) is 9.62 Å². The summed E-state index contributed by atoms with van der Waals surface area (Å²) in [7, 11) is -3.60. The van der Waals surface area contributed by atoms with Gasteiger partial charge in [-0.3, -0.25) is 4.79 Å². The number of amides is 1. The van der Waals surface area contributed by atoms with Crippen LogP contribution in [0.25, 0.3) is 0 Å². The van der Waals surface area contributed by atoms with Gasteiger partial charge in [-0.05, 0) is 61.3 Å². The maximum atomic E-state index is 12.8. The number of rotatable bonds is 7. The average molecular weight is 469 g/mol. The highest BCUT2D eigenvalue weighted by atomic mass is 35.5. The number of carbonyl (C=O) groups excluding carboxylic acids is 1. The summed E-state index contributed by atoms with van der Waals surface area (Å²) >= 11 is 5.87. The second kappa shape index (κ2) is 10.5. The Balaban J connectivity index is 1.67. The van der Waals surface area contributed by atoms with Crippen molar-refractivity contribution >= 4 is 27.5 Å². The standard InChI is InChI=1S/C23H33ClN2O4S/c1-16(2)22-13-18(14-23(27)26-8-10-30-11-9-26)17(3)12-19(22)15-25-31(28,29)21-6-4-20(24)5-7-21/h4-7,12,16,18-19,22,25H,8-11,13-15H2,1-3H3. The van der Waals surface area contributed by atoms with Gasteiger partial charge in [-0.2, -0.15) is 0 Å². The molecule has 8 heteroatoms. The molecule has 1 amide bonds. The molecule has 3 rings (SSSR count). The van der Waals surface area contributed by atoms with Crippen LogP contribution in [0.1, 0.15) is 33.6 Å². The normalized spacial score (nSPS) is 24.9. The van der Waals surface area contributed by atoms with E-state index < -0.39 is 10.0 Å². The minimum Gasteiger partial charge on any atom is -0.378 e. The Kier molecular flexibility index (Phi) is 8.19. The summed E-state index contributed by atoms with van der Waals surface area (Å²) in [5.41, 5.74) is 1.18. The summed E-state index contributed by atoms with van der Waals surface area (Å²) in [4.78, 5) is 14.9. The van der Waals surface area contributed by atoms with Crippen LogP contribution in [0, 0.1) is 23.7 Å². The minimum atomic E-state index is -3.60. The van der Waals surface area contributed by atoms with E-state index in [0.717, 1.165) is 6.42 Å². The topological polar surface area (TPSA) is 75.7 Å². The molecular weight excluding hydrogens is 436 g/mol. The molecule has 0 aromatic heterocycles. The molecule has 1 aliphatic heterocycles. The molecule has 2 aliphatic rings. The molecule has 3 unspecified atom stereocenters. The van der Waals surface area contributed by atoms with Crippen LogP contribution in [0.15, 0.2) is 40.8 Å². The van der Waals surface area contributed by atoms with Crippen LogP contribution in [0.5, 0.6) is 0 Å². The molecule has 1 heterocycles. The van der Waals surface area contributed by atoms with E-state index >= 15 is 0 Å². The number of allylic oxidation sites excluding steroid dienone is 1. The molecule has 1 N–H and O–H groups in total. The highest BCUT2D eigenvalue weighted by Crippen LogP contribution is 2.39. The summed E-state index contributed by atoms with van der Waals surface area (Å²) in [5, 5.41) is 0.502. The van der Waals surface area contributed by atoms with E-state index in [4.69, 9.17) is 16.3 Å². The van der Waals surface area contributed by atoms with Crippen LogP contribution in [-0.2, 0) is 19.6 Å². The van der Waals surface area contributed by atoms with Gasteiger partial charge in [0.05, 0.1) is 18.1 Å². The SMILES string of the molecule is CC1=CC(CNS(=O)(=O)c2ccc(Cl)cc2)C(C(C)C)CC1CC(=O)N1CCOCC1. The van der Waals surface area contributed by atoms with E-state index in [1.807, 2.05) is 4.90 Å². The van der Waals surface area contributed by atoms with Crippen LogP contribution in [-0.4, -0.2) is 52.1 Å². The fourth-order valence-corrected chi connectivity index (χ4v) is 5.76. The third-order valence-corrected chi connectivity index (χ3v) is 8.19. The lowest BCUT2D eigenvalue weighted by Crippen LogP contribution is -2.42. The summed E-state index contributed by atoms with van der Waals surface area (Å²) in [5.74, 6) is 1.17. The number of benzene rings is 1. The smallest absolute Gasteiger partial charge is 0.240 e. The fraction of sp³-hybridized carbons (Fsp3) is 0.609. The Hall–Kier alpha value is -1.41. The molecule has 1 aromatic rings. The number of hydrogen-bond donors (Lipinski definition) is 1. The molecule has 1 fully saturated rings. The van der Waals surface area contributed by atoms with Gasteiger partial charge in [-0.25, -0.2) is 13.1 Å². The van der Waals surface area contributed by atoms with E-state index in [0.29, 0.717) is 56.1 Å². The molecule has 0 spiro atoms. The first-order valence-corrected chi connectivity index (χ1v) is 12.8. The van der Waals surface area contributed by atoms with Crippen LogP contribution in [0.2, 0.25) is 5.02 Å². The molecule has 3 atom stereocenters. The molecule has 1 saturated heterocycles. The van der Waals surface area contributed by atoms with Crippen LogP contribution >= 0.6 is 11.6 Å². The number of ether oxygens (including phenoxy) is 1. The summed E-state index contributed by atoms with van der Waals surface area (Å²) in [6.45, 7) is 9.28. The van der Waals surface area contributed by atoms with Crippen molar-refractivity contribution < 1.29 is 17.9 Å². The lowest BCUT2D eigenvalue weighted by atomic mass is 9.70. The van der Waals surface area contributed by atoms with E-state index in [2.05, 4.69) is 31.6 Å². The Bertz CT molecular complexity index is 893. The predicted molar refractivity (Wildman–Crippen MR) is 122 cm³/mol. The van der Waals surface area contributed by atoms with Crippen LogP contribution < -0.4 is 4.72 Å². The summed E-state index contributed by atoms with van der Waals surface area (Å²) in [6.07, 6.45) is 3.58. The van der Waals surface area contributed by atoms with E-state index in [1.54, 1.807) is 12.1 Å². The van der Waals surface area contributed by atoms with E-state index in [-0.39, 0.29) is 22.6 Å². The molecule has 172 valence electrons. The molecular formula is C23H33ClN2O4S. The van der Waals surface area contributed by atoms with Crippen molar-refractivity contribution in [3.8, 4) is 0 Å². The molecule has 0 bridgehead atoms. The van der Waals surface area contributed by atoms with Gasteiger partial charge in [0.2, 0.25) is 15.9 Å². The predicted octanol–water partition coefficient (Wildman–Crippen LogP) is 3.72. The zero-order valence-electron chi connectivity index (χ0n) is 18.5. The molecule has 1 aromatic carbocycles. The lowest BCUT2D eigenvalue weighted by molar-refractivity contribution is -0.136. The number of halogens is 1. The number of nitrogens with one attached hydrogen (secondary N) is 1. The molecule has 6 nitrogen and oxygen atoms in total. The first-order valence-electron chi connectivity index (χ1n) is 11.0. The number of hydrogen-bond acceptors (Lipinski definition) is 4. The Morgan fingerprint density at radius 3 is 2.48 bits per heavy atom. The maximum absolute atomic E-state index is 12.8. The molecule has 0 saturated carbocycles. The third-order valence-electron chi connectivity index (χ3n) is 6.50. The Morgan fingerprint density at radius 2 is 1.87 bits per heavy atom. The van der Waals surface area contributed by atoms with Gasteiger partial charge in [0.1, 0.15) is 0 Å². The van der Waals surface area contributed by atoms with Gasteiger partial charge < -0.3 is 9.64 Å². The number of sulfonamides is 1. The minimum absolute atomic E-state index is 0.0943. The van der Waals surface area contributed by atoms with Crippen molar-refractivity contribution in [2.45, 2.75) is 38.5 Å². The first kappa shape index (κ1) is 24.2. The van der Waals surface area contributed by atoms with E-state index in [1.165, 1.54) is 17.7 Å². The van der Waals surface area contributed by atoms with Gasteiger partial charge >= 0.3 is 0 Å². The Morgan fingerprint density at radius 1 is 1.23 bits per heavy atom. The number of carbonyl (C=O) groups is 1. The van der Waals surface area contributed by atoms with Gasteiger partial charge in [0.15, 0.2) is 0 Å². The lowest BCUT2D eigenvalue weighted by Gasteiger charge is -2.38.